The fourth-order valence-electron chi connectivity index (χ4n) is 4.32. The molecule has 2 aliphatic rings. The average Bonchev–Trinajstić information content (AvgIpc) is 3.05. The van der Waals surface area contributed by atoms with E-state index in [1.165, 1.54) is 16.7 Å². The van der Waals surface area contributed by atoms with Gasteiger partial charge in [-0.1, -0.05) is 61.5 Å². The van der Waals surface area contributed by atoms with E-state index in [9.17, 15) is 4.79 Å². The van der Waals surface area contributed by atoms with Crippen molar-refractivity contribution >= 4 is 23.0 Å². The fourth-order valence-corrected chi connectivity index (χ4v) is 4.32. The van der Waals surface area contributed by atoms with Crippen molar-refractivity contribution in [1.82, 2.24) is 4.90 Å². The van der Waals surface area contributed by atoms with Crippen molar-refractivity contribution in [2.24, 2.45) is 4.99 Å². The van der Waals surface area contributed by atoms with Gasteiger partial charge in [0, 0.05) is 18.7 Å². The molecule has 4 nitrogen and oxygen atoms in total. The zero-order chi connectivity index (χ0) is 20.5. The van der Waals surface area contributed by atoms with Gasteiger partial charge < -0.3 is 0 Å². The number of para-hydroxylation sites is 1. The third-order valence-electron chi connectivity index (χ3n) is 6.03. The van der Waals surface area contributed by atoms with Gasteiger partial charge in [-0.15, -0.1) is 0 Å². The topological polar surface area (TPSA) is 35.9 Å². The molecule has 0 spiro atoms. The molecule has 30 heavy (non-hydrogen) atoms. The summed E-state index contributed by atoms with van der Waals surface area (Å²) in [6, 6.07) is 24.7. The van der Waals surface area contributed by atoms with Crippen molar-refractivity contribution in [2.45, 2.75) is 26.3 Å². The van der Waals surface area contributed by atoms with Crippen LogP contribution in [0.5, 0.6) is 0 Å². The summed E-state index contributed by atoms with van der Waals surface area (Å²) in [5.41, 5.74) is 7.26. The van der Waals surface area contributed by atoms with Crippen molar-refractivity contribution in [3.05, 3.63) is 95.1 Å². The molecule has 0 atom stereocenters. The SMILES string of the molecule is CCc1ccc(N=C2C(=O)N(CN3CCc4ccccc4C3)c3ccccc32)cc1. The van der Waals surface area contributed by atoms with Gasteiger partial charge in [0.2, 0.25) is 0 Å². The highest BCUT2D eigenvalue weighted by Crippen LogP contribution is 2.32. The van der Waals surface area contributed by atoms with E-state index in [2.05, 4.69) is 48.2 Å². The summed E-state index contributed by atoms with van der Waals surface area (Å²) in [6.07, 6.45) is 2.01. The summed E-state index contributed by atoms with van der Waals surface area (Å²) < 4.78 is 0. The summed E-state index contributed by atoms with van der Waals surface area (Å²) in [5.74, 6) is -0.0189. The van der Waals surface area contributed by atoms with E-state index in [0.29, 0.717) is 12.4 Å². The number of benzene rings is 3. The number of carbonyl (C=O) groups is 1. The first-order valence-electron chi connectivity index (χ1n) is 10.6. The second kappa shape index (κ2) is 7.88. The van der Waals surface area contributed by atoms with Gasteiger partial charge in [-0.05, 0) is 47.7 Å². The molecule has 0 unspecified atom stereocenters. The number of nitrogens with zero attached hydrogens (tertiary/aromatic N) is 3. The second-order valence-corrected chi connectivity index (χ2v) is 7.94. The van der Waals surface area contributed by atoms with E-state index in [4.69, 9.17) is 4.99 Å². The zero-order valence-corrected chi connectivity index (χ0v) is 17.2. The maximum Gasteiger partial charge on any atom is 0.278 e. The van der Waals surface area contributed by atoms with E-state index in [1.807, 2.05) is 41.3 Å². The lowest BCUT2D eigenvalue weighted by atomic mass is 10.0. The second-order valence-electron chi connectivity index (χ2n) is 7.94. The molecule has 2 aliphatic heterocycles. The number of hydrogen-bond donors (Lipinski definition) is 0. The molecule has 0 radical (unpaired) electrons. The Hall–Kier alpha value is -3.24. The van der Waals surface area contributed by atoms with E-state index in [-0.39, 0.29) is 5.91 Å². The molecule has 0 bridgehead atoms. The molecule has 2 heterocycles. The van der Waals surface area contributed by atoms with Crippen molar-refractivity contribution in [1.29, 1.82) is 0 Å². The Kier molecular flexibility index (Phi) is 4.93. The summed E-state index contributed by atoms with van der Waals surface area (Å²) in [6.45, 7) is 4.54. The van der Waals surface area contributed by atoms with Gasteiger partial charge in [-0.2, -0.15) is 0 Å². The highest BCUT2D eigenvalue weighted by molar-refractivity contribution is 6.54. The monoisotopic (exact) mass is 395 g/mol. The quantitative estimate of drug-likeness (QED) is 0.640. The van der Waals surface area contributed by atoms with Crippen molar-refractivity contribution in [3.8, 4) is 0 Å². The van der Waals surface area contributed by atoms with Crippen LogP contribution in [0.3, 0.4) is 0 Å². The summed E-state index contributed by atoms with van der Waals surface area (Å²) >= 11 is 0. The Morgan fingerprint density at radius 3 is 2.43 bits per heavy atom. The number of aliphatic imine (C=N–C) groups is 1. The summed E-state index contributed by atoms with van der Waals surface area (Å²) in [7, 11) is 0. The van der Waals surface area contributed by atoms with Crippen LogP contribution < -0.4 is 4.90 Å². The molecule has 0 fully saturated rings. The number of amides is 1. The van der Waals surface area contributed by atoms with Gasteiger partial charge in [-0.3, -0.25) is 14.6 Å². The summed E-state index contributed by atoms with van der Waals surface area (Å²) in [5, 5.41) is 0. The molecule has 4 heteroatoms. The number of carbonyl (C=O) groups excluding carboxylic acids is 1. The predicted molar refractivity (Wildman–Crippen MR) is 121 cm³/mol. The molecule has 1 amide bonds. The third kappa shape index (κ3) is 3.44. The van der Waals surface area contributed by atoms with E-state index in [0.717, 1.165) is 42.9 Å². The van der Waals surface area contributed by atoms with Gasteiger partial charge in [0.15, 0.2) is 0 Å². The molecule has 0 aliphatic carbocycles. The fraction of sp³-hybridized carbons (Fsp3) is 0.231. The number of fused-ring (bicyclic) bond motifs is 2. The summed E-state index contributed by atoms with van der Waals surface area (Å²) in [4.78, 5) is 22.3. The zero-order valence-electron chi connectivity index (χ0n) is 17.2. The van der Waals surface area contributed by atoms with Gasteiger partial charge >= 0.3 is 0 Å². The lowest BCUT2D eigenvalue weighted by Gasteiger charge is -2.32. The number of anilines is 1. The maximum absolute atomic E-state index is 13.4. The van der Waals surface area contributed by atoms with Crippen LogP contribution in [-0.4, -0.2) is 29.7 Å². The maximum atomic E-state index is 13.4. The Balaban J connectivity index is 1.43. The number of aryl methyl sites for hydroxylation is 1. The van der Waals surface area contributed by atoms with Crippen LogP contribution >= 0.6 is 0 Å². The molecule has 0 N–H and O–H groups in total. The molecule has 150 valence electrons. The lowest BCUT2D eigenvalue weighted by Crippen LogP contribution is -2.43. The lowest BCUT2D eigenvalue weighted by molar-refractivity contribution is -0.112. The first-order valence-corrected chi connectivity index (χ1v) is 10.6. The van der Waals surface area contributed by atoms with Gasteiger partial charge in [0.1, 0.15) is 5.71 Å². The van der Waals surface area contributed by atoms with Crippen LogP contribution in [0, 0.1) is 0 Å². The minimum atomic E-state index is -0.0189. The van der Waals surface area contributed by atoms with Crippen LogP contribution in [0.25, 0.3) is 0 Å². The molecule has 0 saturated carbocycles. The first kappa shape index (κ1) is 18.8. The van der Waals surface area contributed by atoms with Crippen LogP contribution in [0.1, 0.15) is 29.2 Å². The Bertz CT molecular complexity index is 1120. The molecule has 0 saturated heterocycles. The molecular weight excluding hydrogens is 370 g/mol. The third-order valence-corrected chi connectivity index (χ3v) is 6.03. The Labute approximate surface area is 177 Å². The molecular formula is C26H25N3O. The van der Waals surface area contributed by atoms with Crippen LogP contribution in [0.15, 0.2) is 77.8 Å². The van der Waals surface area contributed by atoms with Gasteiger partial charge in [-0.25, -0.2) is 4.99 Å². The molecule has 3 aromatic rings. The minimum absolute atomic E-state index is 0.0189. The Morgan fingerprint density at radius 2 is 1.63 bits per heavy atom. The minimum Gasteiger partial charge on any atom is -0.293 e. The van der Waals surface area contributed by atoms with E-state index < -0.39 is 0 Å². The van der Waals surface area contributed by atoms with Gasteiger partial charge in [0.25, 0.3) is 5.91 Å². The first-order chi connectivity index (χ1) is 14.7. The van der Waals surface area contributed by atoms with E-state index in [1.54, 1.807) is 0 Å². The Morgan fingerprint density at radius 1 is 0.900 bits per heavy atom. The van der Waals surface area contributed by atoms with Gasteiger partial charge in [0.05, 0.1) is 18.0 Å². The number of rotatable bonds is 4. The van der Waals surface area contributed by atoms with Crippen molar-refractivity contribution in [2.75, 3.05) is 18.1 Å². The van der Waals surface area contributed by atoms with Crippen LogP contribution in [-0.2, 0) is 24.2 Å². The predicted octanol–water partition coefficient (Wildman–Crippen LogP) is 4.73. The van der Waals surface area contributed by atoms with Crippen LogP contribution in [0.2, 0.25) is 0 Å². The highest BCUT2D eigenvalue weighted by atomic mass is 16.2. The number of hydrogen-bond acceptors (Lipinski definition) is 3. The standard InChI is InChI=1S/C26H25N3O/c1-2-19-11-13-22(14-12-19)27-25-23-9-5-6-10-24(23)29(26(25)30)18-28-16-15-20-7-3-4-8-21(20)17-28/h3-14H,2,15-18H2,1H3. The van der Waals surface area contributed by atoms with Crippen molar-refractivity contribution < 1.29 is 4.79 Å². The smallest absolute Gasteiger partial charge is 0.278 e. The van der Waals surface area contributed by atoms with Crippen LogP contribution in [0.4, 0.5) is 11.4 Å². The highest BCUT2D eigenvalue weighted by Gasteiger charge is 2.35. The largest absolute Gasteiger partial charge is 0.293 e. The normalized spacial score (nSPS) is 17.3. The molecule has 0 aromatic heterocycles. The van der Waals surface area contributed by atoms with Crippen molar-refractivity contribution in [3.63, 3.8) is 0 Å². The molecule has 5 rings (SSSR count). The average molecular weight is 396 g/mol. The molecule has 3 aromatic carbocycles. The van der Waals surface area contributed by atoms with E-state index >= 15 is 0 Å².